The van der Waals surface area contributed by atoms with Gasteiger partial charge in [-0.3, -0.25) is 9.59 Å². The Hall–Kier alpha value is -2.20. The summed E-state index contributed by atoms with van der Waals surface area (Å²) in [5, 5.41) is 32.5. The number of aliphatic hydroxyl groups is 2. The second-order valence-electron chi connectivity index (χ2n) is 3.88. The Labute approximate surface area is 106 Å². The highest BCUT2D eigenvalue weighted by Gasteiger charge is 2.54. The number of hydrogen-bond acceptors (Lipinski definition) is 6. The van der Waals surface area contributed by atoms with E-state index in [0.29, 0.717) is 12.8 Å². The number of nitrogens with two attached hydrogens (primary N) is 2. The molecule has 0 heterocycles. The van der Waals surface area contributed by atoms with E-state index in [1.165, 1.54) is 0 Å². The van der Waals surface area contributed by atoms with Crippen molar-refractivity contribution in [3.8, 4) is 0 Å². The minimum Gasteiger partial charge on any atom is -0.479 e. The summed E-state index contributed by atoms with van der Waals surface area (Å²) in [4.78, 5) is 40.4. The molecule has 19 heavy (non-hydrogen) atoms. The largest absolute Gasteiger partial charge is 0.479 e. The SMILES string of the molecule is NC(=O)C1(C(N)=O)CC1.O=C(O)C(O)C(O)C(=O)O. The van der Waals surface area contributed by atoms with E-state index in [4.69, 9.17) is 31.9 Å². The molecule has 1 aliphatic carbocycles. The van der Waals surface area contributed by atoms with Crippen LogP contribution in [0.15, 0.2) is 0 Å². The van der Waals surface area contributed by atoms with Gasteiger partial charge in [-0.15, -0.1) is 0 Å². The van der Waals surface area contributed by atoms with Crippen LogP contribution in [-0.4, -0.2) is 56.4 Å². The average Bonchev–Trinajstić information content (AvgIpc) is 3.08. The zero-order chi connectivity index (χ0) is 15.4. The van der Waals surface area contributed by atoms with Gasteiger partial charge in [0, 0.05) is 0 Å². The molecular formula is C9H14N2O8. The van der Waals surface area contributed by atoms with Crippen molar-refractivity contribution in [2.45, 2.75) is 25.0 Å². The van der Waals surface area contributed by atoms with Crippen LogP contribution in [0.25, 0.3) is 0 Å². The zero-order valence-corrected chi connectivity index (χ0v) is 9.65. The summed E-state index contributed by atoms with van der Waals surface area (Å²) in [6, 6.07) is 0. The number of primary amides is 2. The second-order valence-corrected chi connectivity index (χ2v) is 3.88. The van der Waals surface area contributed by atoms with Crippen LogP contribution in [0.5, 0.6) is 0 Å². The van der Waals surface area contributed by atoms with Crippen molar-refractivity contribution in [1.82, 2.24) is 0 Å². The van der Waals surface area contributed by atoms with Gasteiger partial charge in [0.1, 0.15) is 5.41 Å². The normalized spacial score (nSPS) is 18.2. The number of aliphatic hydroxyl groups excluding tert-OH is 2. The van der Waals surface area contributed by atoms with Crippen LogP contribution in [0.4, 0.5) is 0 Å². The van der Waals surface area contributed by atoms with Crippen molar-refractivity contribution < 1.29 is 39.6 Å². The topological polar surface area (TPSA) is 201 Å². The molecule has 10 nitrogen and oxygen atoms in total. The summed E-state index contributed by atoms with van der Waals surface area (Å²) in [5.74, 6) is -4.71. The van der Waals surface area contributed by atoms with Gasteiger partial charge in [0.25, 0.3) is 0 Å². The fourth-order valence-electron chi connectivity index (χ4n) is 1.01. The Balaban J connectivity index is 0.000000342. The van der Waals surface area contributed by atoms with Gasteiger partial charge in [0.2, 0.25) is 11.8 Å². The smallest absolute Gasteiger partial charge is 0.335 e. The highest BCUT2D eigenvalue weighted by atomic mass is 16.4. The van der Waals surface area contributed by atoms with E-state index in [9.17, 15) is 19.2 Å². The average molecular weight is 278 g/mol. The standard InChI is InChI=1S/C5H8N2O2.C4H6O6/c6-3(8)5(1-2-5)4(7)9;5-1(3(7)8)2(6)4(9)10/h1-2H2,(H2,6,8)(H2,7,9);1-2,5-6H,(H,7,8)(H,9,10). The lowest BCUT2D eigenvalue weighted by Crippen LogP contribution is -2.39. The van der Waals surface area contributed by atoms with Crippen molar-refractivity contribution in [1.29, 1.82) is 0 Å². The van der Waals surface area contributed by atoms with Crippen molar-refractivity contribution in [3.63, 3.8) is 0 Å². The fraction of sp³-hybridized carbons (Fsp3) is 0.556. The maximum atomic E-state index is 10.4. The summed E-state index contributed by atoms with van der Waals surface area (Å²) >= 11 is 0. The minimum absolute atomic E-state index is 0.525. The molecule has 10 heteroatoms. The second kappa shape index (κ2) is 6.11. The van der Waals surface area contributed by atoms with Gasteiger partial charge in [-0.2, -0.15) is 0 Å². The summed E-state index contributed by atoms with van der Waals surface area (Å²) < 4.78 is 0. The lowest BCUT2D eigenvalue weighted by molar-refractivity contribution is -0.165. The number of carboxylic acid groups (broad SMARTS) is 2. The van der Waals surface area contributed by atoms with Gasteiger partial charge >= 0.3 is 11.9 Å². The summed E-state index contributed by atoms with van der Waals surface area (Å²) in [6.07, 6.45) is -3.48. The molecule has 2 unspecified atom stereocenters. The number of aliphatic carboxylic acids is 2. The molecule has 108 valence electrons. The van der Waals surface area contributed by atoms with E-state index in [-0.39, 0.29) is 0 Å². The third-order valence-corrected chi connectivity index (χ3v) is 2.50. The van der Waals surface area contributed by atoms with E-state index in [2.05, 4.69) is 0 Å². The number of hydrogen-bond donors (Lipinski definition) is 6. The van der Waals surface area contributed by atoms with E-state index in [1.807, 2.05) is 0 Å². The summed E-state index contributed by atoms with van der Waals surface area (Å²) in [5.41, 5.74) is 8.82. The predicted molar refractivity (Wildman–Crippen MR) is 57.3 cm³/mol. The van der Waals surface area contributed by atoms with E-state index < -0.39 is 41.4 Å². The van der Waals surface area contributed by atoms with Crippen LogP contribution in [0.2, 0.25) is 0 Å². The number of rotatable bonds is 5. The molecule has 1 fully saturated rings. The lowest BCUT2D eigenvalue weighted by Gasteiger charge is -2.07. The monoisotopic (exact) mass is 278 g/mol. The van der Waals surface area contributed by atoms with Crippen molar-refractivity contribution >= 4 is 23.8 Å². The van der Waals surface area contributed by atoms with E-state index in [1.54, 1.807) is 0 Å². The van der Waals surface area contributed by atoms with Gasteiger partial charge in [-0.1, -0.05) is 0 Å². The molecule has 0 spiro atoms. The molecule has 0 saturated heterocycles. The molecule has 2 amide bonds. The third kappa shape index (κ3) is 4.19. The fourth-order valence-corrected chi connectivity index (χ4v) is 1.01. The molecule has 0 aromatic rings. The van der Waals surface area contributed by atoms with E-state index >= 15 is 0 Å². The number of amides is 2. The molecule has 0 aromatic carbocycles. The molecule has 2 atom stereocenters. The minimum atomic E-state index is -2.27. The molecular weight excluding hydrogens is 264 g/mol. The molecule has 0 aromatic heterocycles. The predicted octanol–water partition coefficient (Wildman–Crippen LogP) is -3.39. The van der Waals surface area contributed by atoms with E-state index in [0.717, 1.165) is 0 Å². The summed E-state index contributed by atoms with van der Waals surface area (Å²) in [6.45, 7) is 0. The summed E-state index contributed by atoms with van der Waals surface area (Å²) in [7, 11) is 0. The van der Waals surface area contributed by atoms with Crippen LogP contribution in [0, 0.1) is 5.41 Å². The third-order valence-electron chi connectivity index (χ3n) is 2.50. The van der Waals surface area contributed by atoms with Crippen molar-refractivity contribution in [2.75, 3.05) is 0 Å². The first-order chi connectivity index (χ1) is 8.56. The Morgan fingerprint density at radius 3 is 1.16 bits per heavy atom. The quantitative estimate of drug-likeness (QED) is 0.279. The maximum absolute atomic E-state index is 10.4. The highest BCUT2D eigenvalue weighted by Crippen LogP contribution is 2.44. The first kappa shape index (κ1) is 16.8. The number of carbonyl (C=O) groups is 4. The lowest BCUT2D eigenvalue weighted by atomic mass is 10.1. The Morgan fingerprint density at radius 1 is 0.842 bits per heavy atom. The maximum Gasteiger partial charge on any atom is 0.335 e. The molecule has 1 rings (SSSR count). The van der Waals surface area contributed by atoms with Crippen LogP contribution in [-0.2, 0) is 19.2 Å². The van der Waals surface area contributed by atoms with Crippen LogP contribution < -0.4 is 11.5 Å². The zero-order valence-electron chi connectivity index (χ0n) is 9.65. The van der Waals surface area contributed by atoms with Crippen molar-refractivity contribution in [2.24, 2.45) is 16.9 Å². The number of carboxylic acids is 2. The molecule has 1 saturated carbocycles. The van der Waals surface area contributed by atoms with Crippen LogP contribution in [0.1, 0.15) is 12.8 Å². The molecule has 1 aliphatic rings. The van der Waals surface area contributed by atoms with Gasteiger partial charge in [-0.05, 0) is 12.8 Å². The van der Waals surface area contributed by atoms with Gasteiger partial charge < -0.3 is 31.9 Å². The first-order valence-electron chi connectivity index (χ1n) is 4.98. The van der Waals surface area contributed by atoms with Crippen LogP contribution >= 0.6 is 0 Å². The molecule has 0 aliphatic heterocycles. The van der Waals surface area contributed by atoms with Gasteiger partial charge in [0.15, 0.2) is 12.2 Å². The van der Waals surface area contributed by atoms with Crippen molar-refractivity contribution in [3.05, 3.63) is 0 Å². The molecule has 8 N–H and O–H groups in total. The van der Waals surface area contributed by atoms with Gasteiger partial charge in [-0.25, -0.2) is 9.59 Å². The Kier molecular flexibility index (Phi) is 5.40. The highest BCUT2D eigenvalue weighted by molar-refractivity contribution is 6.06. The van der Waals surface area contributed by atoms with Crippen LogP contribution in [0.3, 0.4) is 0 Å². The Bertz CT molecular complexity index is 369. The molecule has 0 bridgehead atoms. The van der Waals surface area contributed by atoms with Gasteiger partial charge in [0.05, 0.1) is 0 Å². The number of carbonyl (C=O) groups excluding carboxylic acids is 2. The Morgan fingerprint density at radius 2 is 1.11 bits per heavy atom. The first-order valence-corrected chi connectivity index (χ1v) is 4.98. The molecule has 0 radical (unpaired) electrons.